The van der Waals surface area contributed by atoms with Crippen LogP contribution in [0.25, 0.3) is 16.6 Å². The number of aromatic nitrogens is 4. The van der Waals surface area contributed by atoms with Crippen LogP contribution in [0.1, 0.15) is 5.56 Å². The molecule has 1 N–H and O–H groups in total. The lowest BCUT2D eigenvalue weighted by molar-refractivity contribution is 0.304. The van der Waals surface area contributed by atoms with Gasteiger partial charge < -0.3 is 4.74 Å². The lowest BCUT2D eigenvalue weighted by Gasteiger charge is -2.06. The SMILES string of the molecule is Ic1n[nH]c2nn3cc(OCc4ccccc4)ccc3c12. The molecule has 0 aliphatic carbocycles. The second-order valence-corrected chi connectivity index (χ2v) is 5.73. The number of aromatic amines is 1. The zero-order chi connectivity index (χ0) is 14.2. The zero-order valence-electron chi connectivity index (χ0n) is 11.0. The second-order valence-electron chi connectivity index (χ2n) is 4.71. The van der Waals surface area contributed by atoms with Crippen molar-refractivity contribution in [1.29, 1.82) is 0 Å². The molecule has 0 atom stereocenters. The summed E-state index contributed by atoms with van der Waals surface area (Å²) in [6.45, 7) is 0.546. The number of nitrogens with one attached hydrogen (secondary N) is 1. The van der Waals surface area contributed by atoms with Gasteiger partial charge in [-0.2, -0.15) is 5.10 Å². The van der Waals surface area contributed by atoms with Crippen molar-refractivity contribution in [1.82, 2.24) is 19.8 Å². The van der Waals surface area contributed by atoms with Gasteiger partial charge in [-0.25, -0.2) is 4.52 Å². The summed E-state index contributed by atoms with van der Waals surface area (Å²) in [5.41, 5.74) is 2.96. The number of halogens is 1. The smallest absolute Gasteiger partial charge is 0.179 e. The molecule has 21 heavy (non-hydrogen) atoms. The molecular weight excluding hydrogens is 379 g/mol. The Labute approximate surface area is 134 Å². The molecule has 4 rings (SSSR count). The van der Waals surface area contributed by atoms with E-state index in [9.17, 15) is 0 Å². The molecule has 0 amide bonds. The maximum Gasteiger partial charge on any atom is 0.179 e. The summed E-state index contributed by atoms with van der Waals surface area (Å²) in [5.74, 6) is 0.791. The molecule has 1 aromatic carbocycles. The molecule has 0 aliphatic heterocycles. The average molecular weight is 390 g/mol. The van der Waals surface area contributed by atoms with Gasteiger partial charge >= 0.3 is 0 Å². The first kappa shape index (κ1) is 12.6. The van der Waals surface area contributed by atoms with Crippen LogP contribution in [0.3, 0.4) is 0 Å². The van der Waals surface area contributed by atoms with Crippen LogP contribution in [0.2, 0.25) is 0 Å². The fourth-order valence-electron chi connectivity index (χ4n) is 2.30. The molecule has 5 nitrogen and oxygen atoms in total. The molecule has 0 saturated heterocycles. The Hall–Kier alpha value is -2.09. The molecule has 0 radical (unpaired) electrons. The molecule has 0 fully saturated rings. The molecule has 0 spiro atoms. The molecule has 4 aromatic rings. The summed E-state index contributed by atoms with van der Waals surface area (Å²) < 4.78 is 8.57. The van der Waals surface area contributed by atoms with Crippen molar-refractivity contribution >= 4 is 39.1 Å². The van der Waals surface area contributed by atoms with Gasteiger partial charge in [0.1, 0.15) is 16.1 Å². The van der Waals surface area contributed by atoms with Gasteiger partial charge in [0.15, 0.2) is 5.65 Å². The second kappa shape index (κ2) is 5.03. The molecule has 6 heteroatoms. The summed E-state index contributed by atoms with van der Waals surface area (Å²) >= 11 is 2.20. The monoisotopic (exact) mass is 390 g/mol. The first-order valence-electron chi connectivity index (χ1n) is 6.50. The minimum absolute atomic E-state index is 0.546. The van der Waals surface area contributed by atoms with Crippen LogP contribution in [0.5, 0.6) is 5.75 Å². The van der Waals surface area contributed by atoms with Crippen molar-refractivity contribution in [2.75, 3.05) is 0 Å². The molecule has 0 saturated carbocycles. The van der Waals surface area contributed by atoms with Crippen molar-refractivity contribution in [3.63, 3.8) is 0 Å². The summed E-state index contributed by atoms with van der Waals surface area (Å²) in [6.07, 6.45) is 1.89. The van der Waals surface area contributed by atoms with Crippen molar-refractivity contribution in [2.45, 2.75) is 6.61 Å². The number of pyridine rings is 1. The largest absolute Gasteiger partial charge is 0.487 e. The Morgan fingerprint density at radius 1 is 1.14 bits per heavy atom. The Bertz CT molecular complexity index is 913. The normalized spacial score (nSPS) is 11.3. The Morgan fingerprint density at radius 3 is 2.86 bits per heavy atom. The lowest BCUT2D eigenvalue weighted by Crippen LogP contribution is -1.97. The van der Waals surface area contributed by atoms with Crippen LogP contribution in [0.4, 0.5) is 0 Å². The lowest BCUT2D eigenvalue weighted by atomic mass is 10.2. The molecule has 0 bridgehead atoms. The van der Waals surface area contributed by atoms with Gasteiger partial charge in [-0.05, 0) is 40.3 Å². The third-order valence-electron chi connectivity index (χ3n) is 3.32. The van der Waals surface area contributed by atoms with E-state index in [1.807, 2.05) is 53.2 Å². The summed E-state index contributed by atoms with van der Waals surface area (Å²) in [7, 11) is 0. The first-order chi connectivity index (χ1) is 10.3. The molecule has 3 heterocycles. The van der Waals surface area contributed by atoms with Crippen LogP contribution < -0.4 is 4.74 Å². The Morgan fingerprint density at radius 2 is 2.00 bits per heavy atom. The summed E-state index contributed by atoms with van der Waals surface area (Å²) in [4.78, 5) is 0. The number of H-pyrrole nitrogens is 1. The Balaban J connectivity index is 1.66. The van der Waals surface area contributed by atoms with Gasteiger partial charge in [0.25, 0.3) is 0 Å². The minimum Gasteiger partial charge on any atom is -0.487 e. The predicted octanol–water partition coefficient (Wildman–Crippen LogP) is 3.39. The highest BCUT2D eigenvalue weighted by molar-refractivity contribution is 14.1. The number of ether oxygens (including phenoxy) is 1. The fourth-order valence-corrected chi connectivity index (χ4v) is 2.95. The average Bonchev–Trinajstić information content (AvgIpc) is 3.05. The van der Waals surface area contributed by atoms with E-state index in [1.54, 1.807) is 0 Å². The highest BCUT2D eigenvalue weighted by atomic mass is 127. The Kier molecular flexibility index (Phi) is 3.03. The van der Waals surface area contributed by atoms with Crippen LogP contribution in [-0.2, 0) is 6.61 Å². The van der Waals surface area contributed by atoms with Gasteiger partial charge in [0.2, 0.25) is 0 Å². The van der Waals surface area contributed by atoms with Crippen molar-refractivity contribution < 1.29 is 4.74 Å². The number of fused-ring (bicyclic) bond motifs is 3. The van der Waals surface area contributed by atoms with Crippen LogP contribution >= 0.6 is 22.6 Å². The predicted molar refractivity (Wildman–Crippen MR) is 88.3 cm³/mol. The molecular formula is C15H11IN4O. The fraction of sp³-hybridized carbons (Fsp3) is 0.0667. The highest BCUT2D eigenvalue weighted by Gasteiger charge is 2.11. The van der Waals surface area contributed by atoms with E-state index in [0.29, 0.717) is 6.61 Å². The van der Waals surface area contributed by atoms with E-state index in [0.717, 1.165) is 31.6 Å². The number of hydrogen-bond donors (Lipinski definition) is 1. The van der Waals surface area contributed by atoms with Gasteiger partial charge in [-0.3, -0.25) is 5.10 Å². The third-order valence-corrected chi connectivity index (χ3v) is 4.10. The maximum atomic E-state index is 5.81. The number of nitrogens with zero attached hydrogens (tertiary/aromatic N) is 3. The summed E-state index contributed by atoms with van der Waals surface area (Å²) in [5, 5.41) is 12.6. The van der Waals surface area contributed by atoms with E-state index in [-0.39, 0.29) is 0 Å². The third kappa shape index (κ3) is 2.25. The molecule has 0 aliphatic rings. The van der Waals surface area contributed by atoms with Crippen LogP contribution in [-0.4, -0.2) is 19.8 Å². The quantitative estimate of drug-likeness (QED) is 0.546. The molecule has 0 unspecified atom stereocenters. The van der Waals surface area contributed by atoms with E-state index >= 15 is 0 Å². The van der Waals surface area contributed by atoms with E-state index in [2.05, 4.69) is 37.9 Å². The summed E-state index contributed by atoms with van der Waals surface area (Å²) in [6, 6.07) is 14.1. The number of hydrogen-bond acceptors (Lipinski definition) is 3. The zero-order valence-corrected chi connectivity index (χ0v) is 13.1. The van der Waals surface area contributed by atoms with Crippen LogP contribution in [0.15, 0.2) is 48.7 Å². The van der Waals surface area contributed by atoms with Gasteiger partial charge in [0, 0.05) is 0 Å². The van der Waals surface area contributed by atoms with E-state index in [4.69, 9.17) is 4.74 Å². The first-order valence-corrected chi connectivity index (χ1v) is 7.58. The van der Waals surface area contributed by atoms with Gasteiger partial charge in [-0.15, -0.1) is 5.10 Å². The standard InChI is InChI=1S/C15H11IN4O/c16-14-13-12-7-6-11(8-20(12)19-15(13)18-17-14)21-9-10-4-2-1-3-5-10/h1-8H,9H2,(H,18,19). The number of rotatable bonds is 3. The van der Waals surface area contributed by atoms with Crippen molar-refractivity contribution in [3.05, 3.63) is 57.9 Å². The van der Waals surface area contributed by atoms with E-state index in [1.165, 1.54) is 0 Å². The van der Waals surface area contributed by atoms with Crippen molar-refractivity contribution in [2.24, 2.45) is 0 Å². The van der Waals surface area contributed by atoms with Gasteiger partial charge in [-0.1, -0.05) is 30.3 Å². The minimum atomic E-state index is 0.546. The highest BCUT2D eigenvalue weighted by Crippen LogP contribution is 2.24. The maximum absolute atomic E-state index is 5.81. The molecule has 3 aromatic heterocycles. The van der Waals surface area contributed by atoms with Crippen LogP contribution in [0, 0.1) is 3.70 Å². The topological polar surface area (TPSA) is 55.2 Å². The number of benzene rings is 1. The van der Waals surface area contributed by atoms with Crippen molar-refractivity contribution in [3.8, 4) is 5.75 Å². The van der Waals surface area contributed by atoms with Gasteiger partial charge in [0.05, 0.1) is 17.1 Å². The molecule has 104 valence electrons. The van der Waals surface area contributed by atoms with E-state index < -0.39 is 0 Å².